The Hall–Kier alpha value is -1.19. The number of anilines is 1. The minimum absolute atomic E-state index is 0.0323. The van der Waals surface area contributed by atoms with Crippen molar-refractivity contribution in [1.29, 1.82) is 0 Å². The number of halogens is 3. The van der Waals surface area contributed by atoms with Crippen molar-refractivity contribution in [2.75, 3.05) is 4.72 Å². The van der Waals surface area contributed by atoms with Crippen molar-refractivity contribution in [3.63, 3.8) is 0 Å². The molecule has 0 spiro atoms. The zero-order valence-electron chi connectivity index (χ0n) is 9.43. The van der Waals surface area contributed by atoms with Gasteiger partial charge in [0.15, 0.2) is 10.4 Å². The van der Waals surface area contributed by atoms with E-state index in [-0.39, 0.29) is 20.3 Å². The van der Waals surface area contributed by atoms with Crippen LogP contribution < -0.4 is 4.72 Å². The SMILES string of the molecule is Cn1nnc(Br)c1S(=O)(=O)Nc1cccc(Cl)c1F. The first kappa shape index (κ1) is 14.2. The molecular formula is C9H7BrClFN4O2S. The third-order valence-electron chi connectivity index (χ3n) is 2.19. The van der Waals surface area contributed by atoms with Crippen molar-refractivity contribution in [1.82, 2.24) is 15.0 Å². The minimum atomic E-state index is -4.03. The lowest BCUT2D eigenvalue weighted by molar-refractivity contribution is 0.577. The van der Waals surface area contributed by atoms with Crippen LogP contribution in [0.5, 0.6) is 0 Å². The Balaban J connectivity index is 2.46. The Morgan fingerprint density at radius 3 is 2.74 bits per heavy atom. The predicted molar refractivity (Wildman–Crippen MR) is 70.9 cm³/mol. The van der Waals surface area contributed by atoms with Gasteiger partial charge in [-0.05, 0) is 28.1 Å². The number of sulfonamides is 1. The molecule has 2 aromatic rings. The van der Waals surface area contributed by atoms with E-state index in [1.807, 2.05) is 0 Å². The summed E-state index contributed by atoms with van der Waals surface area (Å²) in [7, 11) is -2.62. The summed E-state index contributed by atoms with van der Waals surface area (Å²) in [6, 6.07) is 4.01. The Morgan fingerprint density at radius 1 is 1.47 bits per heavy atom. The van der Waals surface area contributed by atoms with Crippen LogP contribution in [0, 0.1) is 5.82 Å². The highest BCUT2D eigenvalue weighted by molar-refractivity contribution is 9.10. The highest BCUT2D eigenvalue weighted by atomic mass is 79.9. The first-order chi connectivity index (χ1) is 8.83. The van der Waals surface area contributed by atoms with Gasteiger partial charge in [-0.2, -0.15) is 8.42 Å². The molecule has 1 aromatic heterocycles. The fourth-order valence-corrected chi connectivity index (χ4v) is 3.72. The molecule has 1 N–H and O–H groups in total. The number of aryl methyl sites for hydroxylation is 1. The van der Waals surface area contributed by atoms with Gasteiger partial charge in [0.25, 0.3) is 10.0 Å². The molecule has 19 heavy (non-hydrogen) atoms. The molecule has 0 aliphatic carbocycles. The van der Waals surface area contributed by atoms with Gasteiger partial charge in [-0.25, -0.2) is 9.07 Å². The van der Waals surface area contributed by atoms with Gasteiger partial charge in [0.05, 0.1) is 10.7 Å². The van der Waals surface area contributed by atoms with Crippen molar-refractivity contribution in [2.24, 2.45) is 7.05 Å². The summed E-state index contributed by atoms with van der Waals surface area (Å²) < 4.78 is 41.1. The van der Waals surface area contributed by atoms with Gasteiger partial charge in [0, 0.05) is 7.05 Å². The zero-order valence-corrected chi connectivity index (χ0v) is 12.6. The van der Waals surface area contributed by atoms with Crippen LogP contribution in [0.2, 0.25) is 5.02 Å². The number of hydrogen-bond acceptors (Lipinski definition) is 4. The number of rotatable bonds is 3. The van der Waals surface area contributed by atoms with Gasteiger partial charge in [0.1, 0.15) is 0 Å². The molecule has 6 nitrogen and oxygen atoms in total. The molecule has 0 fully saturated rings. The second-order valence-corrected chi connectivity index (χ2v) is 6.27. The zero-order chi connectivity index (χ0) is 14.2. The Kier molecular flexibility index (Phi) is 3.79. The van der Waals surface area contributed by atoms with Gasteiger partial charge in [-0.15, -0.1) is 5.10 Å². The third-order valence-corrected chi connectivity index (χ3v) is 4.73. The lowest BCUT2D eigenvalue weighted by atomic mass is 10.3. The Bertz CT molecular complexity index is 714. The van der Waals surface area contributed by atoms with Crippen molar-refractivity contribution < 1.29 is 12.8 Å². The van der Waals surface area contributed by atoms with Crippen LogP contribution in [-0.4, -0.2) is 23.4 Å². The van der Waals surface area contributed by atoms with Crippen LogP contribution in [0.4, 0.5) is 10.1 Å². The number of hydrogen-bond donors (Lipinski definition) is 1. The summed E-state index contributed by atoms with van der Waals surface area (Å²) in [5.41, 5.74) is -0.249. The molecule has 0 bridgehead atoms. The van der Waals surface area contributed by atoms with E-state index in [2.05, 4.69) is 31.0 Å². The molecule has 0 saturated carbocycles. The number of nitrogens with zero attached hydrogens (tertiary/aromatic N) is 3. The first-order valence-corrected chi connectivity index (χ1v) is 7.50. The standard InChI is InChI=1S/C9H7BrClFN4O2S/c1-16-9(8(10)13-15-16)19(17,18)14-6-4-2-3-5(11)7(6)12/h2-4,14H,1H3. The van der Waals surface area contributed by atoms with E-state index >= 15 is 0 Å². The topological polar surface area (TPSA) is 76.9 Å². The van der Waals surface area contributed by atoms with Crippen molar-refractivity contribution in [2.45, 2.75) is 5.03 Å². The summed E-state index contributed by atoms with van der Waals surface area (Å²) in [5, 5.41) is 6.71. The molecular weight excluding hydrogens is 363 g/mol. The lowest BCUT2D eigenvalue weighted by Gasteiger charge is -2.09. The van der Waals surface area contributed by atoms with Gasteiger partial charge < -0.3 is 0 Å². The van der Waals surface area contributed by atoms with Crippen LogP contribution >= 0.6 is 27.5 Å². The van der Waals surface area contributed by atoms with E-state index in [4.69, 9.17) is 11.6 Å². The molecule has 10 heteroatoms. The number of aromatic nitrogens is 3. The maximum absolute atomic E-state index is 13.7. The van der Waals surface area contributed by atoms with E-state index in [1.54, 1.807) is 0 Å². The minimum Gasteiger partial charge on any atom is -0.275 e. The largest absolute Gasteiger partial charge is 0.282 e. The van der Waals surface area contributed by atoms with Crippen molar-refractivity contribution in [3.05, 3.63) is 33.6 Å². The van der Waals surface area contributed by atoms with E-state index in [1.165, 1.54) is 25.2 Å². The monoisotopic (exact) mass is 368 g/mol. The molecule has 0 saturated heterocycles. The smallest absolute Gasteiger partial charge is 0.275 e. The maximum Gasteiger partial charge on any atom is 0.282 e. The molecule has 0 aliphatic rings. The van der Waals surface area contributed by atoms with E-state index in [0.717, 1.165) is 4.68 Å². The molecule has 1 aromatic carbocycles. The van der Waals surface area contributed by atoms with Crippen LogP contribution in [-0.2, 0) is 17.1 Å². The molecule has 0 aliphatic heterocycles. The molecule has 1 heterocycles. The van der Waals surface area contributed by atoms with Gasteiger partial charge in [-0.3, -0.25) is 4.72 Å². The summed E-state index contributed by atoms with van der Waals surface area (Å²) in [5.74, 6) is -0.848. The van der Waals surface area contributed by atoms with Gasteiger partial charge in [0.2, 0.25) is 5.03 Å². The summed E-state index contributed by atoms with van der Waals surface area (Å²) in [6.07, 6.45) is 0. The second-order valence-electron chi connectivity index (χ2n) is 3.52. The van der Waals surface area contributed by atoms with E-state index in [9.17, 15) is 12.8 Å². The van der Waals surface area contributed by atoms with Gasteiger partial charge >= 0.3 is 0 Å². The molecule has 0 atom stereocenters. The molecule has 0 radical (unpaired) electrons. The fourth-order valence-electron chi connectivity index (χ4n) is 1.38. The highest BCUT2D eigenvalue weighted by Crippen LogP contribution is 2.26. The molecule has 0 unspecified atom stereocenters. The summed E-state index contributed by atoms with van der Waals surface area (Å²) in [4.78, 5) is 0. The van der Waals surface area contributed by atoms with Gasteiger partial charge in [-0.1, -0.05) is 22.9 Å². The third kappa shape index (κ3) is 2.72. The maximum atomic E-state index is 13.7. The summed E-state index contributed by atoms with van der Waals surface area (Å²) >= 11 is 8.55. The fraction of sp³-hybridized carbons (Fsp3) is 0.111. The van der Waals surface area contributed by atoms with E-state index in [0.29, 0.717) is 0 Å². The van der Waals surface area contributed by atoms with Crippen molar-refractivity contribution >= 4 is 43.2 Å². The second kappa shape index (κ2) is 5.06. The Morgan fingerprint density at radius 2 is 2.16 bits per heavy atom. The normalized spacial score (nSPS) is 11.6. The predicted octanol–water partition coefficient (Wildman–Crippen LogP) is 2.17. The van der Waals surface area contributed by atoms with Crippen LogP contribution in [0.1, 0.15) is 0 Å². The molecule has 0 amide bonds. The van der Waals surface area contributed by atoms with Crippen LogP contribution in [0.25, 0.3) is 0 Å². The first-order valence-electron chi connectivity index (χ1n) is 4.85. The highest BCUT2D eigenvalue weighted by Gasteiger charge is 2.25. The van der Waals surface area contributed by atoms with Crippen molar-refractivity contribution in [3.8, 4) is 0 Å². The summed E-state index contributed by atoms with van der Waals surface area (Å²) in [6.45, 7) is 0. The van der Waals surface area contributed by atoms with Crippen LogP contribution in [0.15, 0.2) is 27.8 Å². The Labute approximate surface area is 121 Å². The van der Waals surface area contributed by atoms with Crippen LogP contribution in [0.3, 0.4) is 0 Å². The molecule has 102 valence electrons. The number of nitrogens with one attached hydrogen (secondary N) is 1. The molecule has 2 rings (SSSR count). The van der Waals surface area contributed by atoms with E-state index < -0.39 is 15.8 Å². The quantitative estimate of drug-likeness (QED) is 0.899. The lowest BCUT2D eigenvalue weighted by Crippen LogP contribution is -2.18. The average molecular weight is 370 g/mol. The number of benzene rings is 1. The average Bonchev–Trinajstić information content (AvgIpc) is 2.65.